The molecule has 0 radical (unpaired) electrons. The minimum Gasteiger partial charge on any atom is -0.352 e. The van der Waals surface area contributed by atoms with Gasteiger partial charge in [0.1, 0.15) is 0 Å². The molecule has 0 atom stereocenters. The van der Waals surface area contributed by atoms with Crippen LogP contribution in [0.3, 0.4) is 0 Å². The average molecular weight is 329 g/mol. The first-order valence-corrected chi connectivity index (χ1v) is 9.10. The molecule has 0 unspecified atom stereocenters. The Labute approximate surface area is 143 Å². The second kappa shape index (κ2) is 8.29. The van der Waals surface area contributed by atoms with E-state index in [2.05, 4.69) is 16.0 Å². The van der Waals surface area contributed by atoms with Crippen molar-refractivity contribution in [2.75, 3.05) is 13.1 Å². The maximum Gasteiger partial charge on any atom is 0.251 e. The summed E-state index contributed by atoms with van der Waals surface area (Å²) in [5, 5.41) is 9.39. The van der Waals surface area contributed by atoms with Crippen molar-refractivity contribution >= 4 is 11.8 Å². The predicted molar refractivity (Wildman–Crippen MR) is 93.6 cm³/mol. The molecule has 1 aromatic carbocycles. The summed E-state index contributed by atoms with van der Waals surface area (Å²) in [6.07, 6.45) is 6.33. The third-order valence-electron chi connectivity index (χ3n) is 5.08. The van der Waals surface area contributed by atoms with Gasteiger partial charge in [0, 0.05) is 24.1 Å². The van der Waals surface area contributed by atoms with Crippen molar-refractivity contribution in [3.8, 4) is 0 Å². The van der Waals surface area contributed by atoms with Crippen LogP contribution in [0, 0.1) is 5.92 Å². The number of rotatable bonds is 5. The summed E-state index contributed by atoms with van der Waals surface area (Å²) >= 11 is 0. The molecule has 1 aliphatic heterocycles. The lowest BCUT2D eigenvalue weighted by molar-refractivity contribution is -0.124. The molecule has 1 saturated heterocycles. The van der Waals surface area contributed by atoms with Crippen molar-refractivity contribution in [3.63, 3.8) is 0 Å². The van der Waals surface area contributed by atoms with Gasteiger partial charge < -0.3 is 16.0 Å². The van der Waals surface area contributed by atoms with Crippen molar-refractivity contribution in [2.24, 2.45) is 5.92 Å². The van der Waals surface area contributed by atoms with E-state index in [1.807, 2.05) is 24.3 Å². The quantitative estimate of drug-likeness (QED) is 0.773. The molecule has 1 aromatic rings. The van der Waals surface area contributed by atoms with Crippen LogP contribution < -0.4 is 16.0 Å². The van der Waals surface area contributed by atoms with Crippen LogP contribution >= 0.6 is 0 Å². The number of carbonyl (C=O) groups is 2. The van der Waals surface area contributed by atoms with Crippen LogP contribution in [-0.4, -0.2) is 30.9 Å². The van der Waals surface area contributed by atoms with Gasteiger partial charge in [0.05, 0.1) is 0 Å². The van der Waals surface area contributed by atoms with Crippen LogP contribution in [0.4, 0.5) is 0 Å². The molecule has 3 rings (SSSR count). The second-order valence-electron chi connectivity index (χ2n) is 6.89. The van der Waals surface area contributed by atoms with Crippen molar-refractivity contribution in [1.29, 1.82) is 0 Å². The number of carbonyl (C=O) groups excluding carboxylic acids is 2. The summed E-state index contributed by atoms with van der Waals surface area (Å²) in [7, 11) is 0. The number of piperidine rings is 1. The van der Waals surface area contributed by atoms with Gasteiger partial charge in [-0.25, -0.2) is 0 Å². The molecule has 2 amide bonds. The van der Waals surface area contributed by atoms with E-state index in [1.54, 1.807) is 0 Å². The van der Waals surface area contributed by atoms with Crippen molar-refractivity contribution in [1.82, 2.24) is 16.0 Å². The largest absolute Gasteiger partial charge is 0.352 e. The fourth-order valence-corrected chi connectivity index (χ4v) is 3.53. The summed E-state index contributed by atoms with van der Waals surface area (Å²) in [4.78, 5) is 24.3. The first-order valence-electron chi connectivity index (χ1n) is 9.10. The van der Waals surface area contributed by atoms with E-state index < -0.39 is 0 Å². The first kappa shape index (κ1) is 17.0. The highest BCUT2D eigenvalue weighted by Gasteiger charge is 2.22. The molecule has 5 nitrogen and oxygen atoms in total. The molecule has 2 aliphatic rings. The Morgan fingerprint density at radius 3 is 2.33 bits per heavy atom. The fourth-order valence-electron chi connectivity index (χ4n) is 3.53. The van der Waals surface area contributed by atoms with Gasteiger partial charge in [0.2, 0.25) is 5.91 Å². The summed E-state index contributed by atoms with van der Waals surface area (Å²) in [5.74, 6) is 0.351. The van der Waals surface area contributed by atoms with Gasteiger partial charge in [0.25, 0.3) is 5.91 Å². The third kappa shape index (κ3) is 4.57. The zero-order valence-electron chi connectivity index (χ0n) is 14.1. The number of nitrogens with one attached hydrogen (secondary N) is 3. The number of hydrogen-bond donors (Lipinski definition) is 3. The molecule has 130 valence electrons. The zero-order chi connectivity index (χ0) is 16.8. The minimum absolute atomic E-state index is 0.0107. The Bertz CT molecular complexity index is 558. The van der Waals surface area contributed by atoms with Crippen LogP contribution in [-0.2, 0) is 11.3 Å². The Morgan fingerprint density at radius 2 is 1.67 bits per heavy atom. The molecule has 1 aliphatic carbocycles. The highest BCUT2D eigenvalue weighted by Crippen LogP contribution is 2.24. The normalized spacial score (nSPS) is 19.2. The van der Waals surface area contributed by atoms with Gasteiger partial charge in [-0.2, -0.15) is 0 Å². The Kier molecular flexibility index (Phi) is 5.86. The molecular weight excluding hydrogens is 302 g/mol. The van der Waals surface area contributed by atoms with E-state index in [0.29, 0.717) is 12.1 Å². The van der Waals surface area contributed by atoms with Gasteiger partial charge >= 0.3 is 0 Å². The summed E-state index contributed by atoms with van der Waals surface area (Å²) in [6.45, 7) is 2.46. The van der Waals surface area contributed by atoms with Gasteiger partial charge in [-0.15, -0.1) is 0 Å². The van der Waals surface area contributed by atoms with Gasteiger partial charge in [-0.3, -0.25) is 9.59 Å². The smallest absolute Gasteiger partial charge is 0.251 e. The van der Waals surface area contributed by atoms with Crippen LogP contribution in [0.15, 0.2) is 24.3 Å². The number of hydrogen-bond acceptors (Lipinski definition) is 3. The van der Waals surface area contributed by atoms with E-state index in [1.165, 1.54) is 12.8 Å². The molecular formula is C19H27N3O2. The zero-order valence-corrected chi connectivity index (χ0v) is 14.1. The molecule has 1 heterocycles. The lowest BCUT2D eigenvalue weighted by Crippen LogP contribution is -2.42. The predicted octanol–water partition coefficient (Wildman–Crippen LogP) is 1.97. The Hall–Kier alpha value is -1.88. The van der Waals surface area contributed by atoms with Gasteiger partial charge in [-0.05, 0) is 56.5 Å². The number of benzene rings is 1. The fraction of sp³-hybridized carbons (Fsp3) is 0.579. The summed E-state index contributed by atoms with van der Waals surface area (Å²) in [6, 6.07) is 7.79. The molecule has 3 N–H and O–H groups in total. The highest BCUT2D eigenvalue weighted by atomic mass is 16.2. The maximum absolute atomic E-state index is 12.3. The van der Waals surface area contributed by atoms with E-state index >= 15 is 0 Å². The van der Waals surface area contributed by atoms with Crippen molar-refractivity contribution in [2.45, 2.75) is 51.1 Å². The third-order valence-corrected chi connectivity index (χ3v) is 5.08. The second-order valence-corrected chi connectivity index (χ2v) is 6.89. The van der Waals surface area contributed by atoms with E-state index in [9.17, 15) is 9.59 Å². The molecule has 0 bridgehead atoms. The van der Waals surface area contributed by atoms with Crippen molar-refractivity contribution in [3.05, 3.63) is 35.4 Å². The first-order chi connectivity index (χ1) is 11.7. The minimum atomic E-state index is -0.0107. The summed E-state index contributed by atoms with van der Waals surface area (Å²) in [5.41, 5.74) is 1.71. The van der Waals surface area contributed by atoms with Crippen LogP contribution in [0.25, 0.3) is 0 Å². The van der Waals surface area contributed by atoms with Crippen LogP contribution in [0.1, 0.15) is 54.4 Å². The standard InChI is InChI=1S/C19H27N3O2/c23-18(15-3-1-2-4-15)21-13-14-5-7-16(8-6-14)19(24)22-17-9-11-20-12-10-17/h5-8,15,17,20H,1-4,9-13H2,(H,21,23)(H,22,24). The SMILES string of the molecule is O=C(NC1CCNCC1)c1ccc(CNC(=O)C2CCCC2)cc1. The number of amides is 2. The summed E-state index contributed by atoms with van der Waals surface area (Å²) < 4.78 is 0. The molecule has 0 aromatic heterocycles. The maximum atomic E-state index is 12.3. The molecule has 24 heavy (non-hydrogen) atoms. The average Bonchev–Trinajstić information content (AvgIpc) is 3.16. The highest BCUT2D eigenvalue weighted by molar-refractivity contribution is 5.94. The lowest BCUT2D eigenvalue weighted by atomic mass is 10.1. The van der Waals surface area contributed by atoms with E-state index in [0.717, 1.165) is 44.3 Å². The van der Waals surface area contributed by atoms with Crippen LogP contribution in [0.5, 0.6) is 0 Å². The molecule has 1 saturated carbocycles. The monoisotopic (exact) mass is 329 g/mol. The van der Waals surface area contributed by atoms with E-state index in [4.69, 9.17) is 0 Å². The lowest BCUT2D eigenvalue weighted by Gasteiger charge is -2.23. The van der Waals surface area contributed by atoms with Crippen LogP contribution in [0.2, 0.25) is 0 Å². The molecule has 5 heteroatoms. The Balaban J connectivity index is 1.47. The molecule has 2 fully saturated rings. The Morgan fingerprint density at radius 1 is 1.00 bits per heavy atom. The van der Waals surface area contributed by atoms with Crippen molar-refractivity contribution < 1.29 is 9.59 Å². The topological polar surface area (TPSA) is 70.2 Å². The van der Waals surface area contributed by atoms with Gasteiger partial charge in [0.15, 0.2) is 0 Å². The molecule has 0 spiro atoms. The van der Waals surface area contributed by atoms with E-state index in [-0.39, 0.29) is 23.8 Å². The van der Waals surface area contributed by atoms with Gasteiger partial charge in [-0.1, -0.05) is 25.0 Å².